The zero-order valence-electron chi connectivity index (χ0n) is 17.9. The lowest BCUT2D eigenvalue weighted by Crippen LogP contribution is -2.49. The van der Waals surface area contributed by atoms with Gasteiger partial charge in [-0.05, 0) is 37.5 Å². The number of aliphatic hydroxyl groups is 4. The van der Waals surface area contributed by atoms with E-state index in [0.717, 1.165) is 64.2 Å². The Morgan fingerprint density at radius 1 is 0.806 bits per heavy atom. The van der Waals surface area contributed by atoms with Gasteiger partial charge in [-0.25, -0.2) is 9.36 Å². The molecule has 2 saturated carbocycles. The van der Waals surface area contributed by atoms with E-state index in [-0.39, 0.29) is 25.0 Å². The van der Waals surface area contributed by atoms with E-state index in [9.17, 15) is 34.7 Å². The lowest BCUT2D eigenvalue weighted by molar-refractivity contribution is -0.171. The summed E-state index contributed by atoms with van der Waals surface area (Å²) in [7, 11) is -4.46. The molecule has 0 aromatic carbocycles. The second-order valence-corrected chi connectivity index (χ2v) is 10.1. The normalized spacial score (nSPS) is 24.7. The smallest absolute Gasteiger partial charge is 0.463 e. The number of hydrogen-bond acceptors (Lipinski definition) is 9. The number of aliphatic hydroxyl groups excluding tert-OH is 4. The Bertz CT molecular complexity index is 576. The number of rotatable bonds is 12. The predicted octanol–water partition coefficient (Wildman–Crippen LogP) is 1.27. The molecule has 0 aromatic heterocycles. The molecule has 31 heavy (non-hydrogen) atoms. The maximum Gasteiger partial charge on any atom is 0.472 e. The van der Waals surface area contributed by atoms with Crippen molar-refractivity contribution >= 4 is 13.8 Å². The van der Waals surface area contributed by atoms with Gasteiger partial charge >= 0.3 is 13.8 Å². The highest BCUT2D eigenvalue weighted by molar-refractivity contribution is 7.47. The standard InChI is InChI=1S/C20H37O10P/c21-16(13-30-31(26,27)29-12-15-9-5-2-6-10-15)17(22)18(23)19(24)20(25)28-11-14-7-3-1-4-8-14/h14-19,21-24H,1-13H2,(H,26,27)/t16-,17-,18+,19-/m1/s1. The average Bonchev–Trinajstić information content (AvgIpc) is 2.79. The van der Waals surface area contributed by atoms with Gasteiger partial charge in [-0.3, -0.25) is 9.05 Å². The van der Waals surface area contributed by atoms with Gasteiger partial charge in [-0.2, -0.15) is 0 Å². The van der Waals surface area contributed by atoms with Crippen molar-refractivity contribution in [3.8, 4) is 0 Å². The first-order valence-corrected chi connectivity index (χ1v) is 12.7. The molecule has 0 radical (unpaired) electrons. The number of carbonyl (C=O) groups excluding carboxylic acids is 1. The molecule has 0 saturated heterocycles. The first-order chi connectivity index (χ1) is 14.7. The number of esters is 1. The molecule has 0 spiro atoms. The van der Waals surface area contributed by atoms with Gasteiger partial charge < -0.3 is 30.1 Å². The molecule has 5 atom stereocenters. The average molecular weight is 468 g/mol. The third kappa shape index (κ3) is 9.43. The summed E-state index contributed by atoms with van der Waals surface area (Å²) >= 11 is 0. The van der Waals surface area contributed by atoms with Crippen molar-refractivity contribution in [3.05, 3.63) is 0 Å². The molecule has 11 heteroatoms. The van der Waals surface area contributed by atoms with Crippen LogP contribution in [-0.2, 0) is 23.1 Å². The molecule has 2 rings (SSSR count). The SMILES string of the molecule is O=C(OCC1CCCCC1)[C@H](O)[C@@H](O)[C@H](O)[C@H](O)COP(=O)(O)OCC1CCCCC1. The van der Waals surface area contributed by atoms with Crippen LogP contribution in [0.4, 0.5) is 0 Å². The molecule has 5 N–H and O–H groups in total. The van der Waals surface area contributed by atoms with Crippen molar-refractivity contribution in [2.45, 2.75) is 88.6 Å². The third-order valence-corrected chi connectivity index (χ3v) is 7.05. The van der Waals surface area contributed by atoms with Gasteiger partial charge in [0.2, 0.25) is 0 Å². The lowest BCUT2D eigenvalue weighted by Gasteiger charge is -2.27. The van der Waals surface area contributed by atoms with E-state index in [1.165, 1.54) is 0 Å². The molecule has 2 aliphatic rings. The fourth-order valence-corrected chi connectivity index (χ4v) is 4.87. The molecule has 0 bridgehead atoms. The molecular formula is C20H37O10P. The molecule has 0 aliphatic heterocycles. The quantitative estimate of drug-likeness (QED) is 0.208. The Hall–Kier alpha value is -0.580. The predicted molar refractivity (Wildman–Crippen MR) is 110 cm³/mol. The van der Waals surface area contributed by atoms with E-state index >= 15 is 0 Å². The van der Waals surface area contributed by atoms with Gasteiger partial charge in [-0.15, -0.1) is 0 Å². The van der Waals surface area contributed by atoms with Gasteiger partial charge in [0.05, 0.1) is 19.8 Å². The Morgan fingerprint density at radius 2 is 1.32 bits per heavy atom. The molecule has 1 unspecified atom stereocenters. The van der Waals surface area contributed by atoms with Gasteiger partial charge in [0, 0.05) is 0 Å². The van der Waals surface area contributed by atoms with Gasteiger partial charge in [0.25, 0.3) is 0 Å². The van der Waals surface area contributed by atoms with Crippen LogP contribution in [-0.4, -0.2) is 75.5 Å². The first kappa shape index (κ1) is 26.7. The van der Waals surface area contributed by atoms with Crippen LogP contribution in [0.25, 0.3) is 0 Å². The largest absolute Gasteiger partial charge is 0.472 e. The van der Waals surface area contributed by atoms with Crippen molar-refractivity contribution in [2.24, 2.45) is 11.8 Å². The van der Waals surface area contributed by atoms with Crippen LogP contribution < -0.4 is 0 Å². The van der Waals surface area contributed by atoms with Crippen LogP contribution in [0.3, 0.4) is 0 Å². The summed E-state index contributed by atoms with van der Waals surface area (Å²) in [6.45, 7) is -0.655. The highest BCUT2D eigenvalue weighted by Crippen LogP contribution is 2.44. The van der Waals surface area contributed by atoms with Crippen molar-refractivity contribution in [2.75, 3.05) is 19.8 Å². The van der Waals surface area contributed by atoms with Crippen LogP contribution in [0.5, 0.6) is 0 Å². The van der Waals surface area contributed by atoms with Crippen molar-refractivity contribution in [3.63, 3.8) is 0 Å². The number of phosphoric ester groups is 1. The second kappa shape index (κ2) is 13.2. The van der Waals surface area contributed by atoms with E-state index in [1.54, 1.807) is 0 Å². The zero-order valence-corrected chi connectivity index (χ0v) is 18.8. The van der Waals surface area contributed by atoms with Crippen LogP contribution in [0, 0.1) is 11.8 Å². The van der Waals surface area contributed by atoms with E-state index in [4.69, 9.17) is 13.8 Å². The van der Waals surface area contributed by atoms with Gasteiger partial charge in [0.1, 0.15) is 18.3 Å². The molecule has 2 aliphatic carbocycles. The van der Waals surface area contributed by atoms with Gasteiger partial charge in [0.15, 0.2) is 6.10 Å². The number of hydrogen-bond donors (Lipinski definition) is 5. The highest BCUT2D eigenvalue weighted by atomic mass is 31.2. The molecule has 182 valence electrons. The topological polar surface area (TPSA) is 163 Å². The molecular weight excluding hydrogens is 431 g/mol. The third-order valence-electron chi connectivity index (χ3n) is 6.10. The zero-order chi connectivity index (χ0) is 22.9. The summed E-state index contributed by atoms with van der Waals surface area (Å²) in [6, 6.07) is 0. The summed E-state index contributed by atoms with van der Waals surface area (Å²) in [5.41, 5.74) is 0. The Kier molecular flexibility index (Phi) is 11.4. The Balaban J connectivity index is 1.70. The summed E-state index contributed by atoms with van der Waals surface area (Å²) in [5, 5.41) is 39.9. The first-order valence-electron chi connectivity index (χ1n) is 11.2. The van der Waals surface area contributed by atoms with Gasteiger partial charge in [-0.1, -0.05) is 38.5 Å². The molecule has 0 aromatic rings. The Labute approximate surface area is 183 Å². The molecule has 0 heterocycles. The minimum Gasteiger partial charge on any atom is -0.463 e. The van der Waals surface area contributed by atoms with Crippen LogP contribution in [0.1, 0.15) is 64.2 Å². The second-order valence-electron chi connectivity index (χ2n) is 8.69. The maximum atomic E-state index is 12.0. The summed E-state index contributed by atoms with van der Waals surface area (Å²) in [6.07, 6.45) is 2.15. The van der Waals surface area contributed by atoms with E-state index in [0.29, 0.717) is 0 Å². The summed E-state index contributed by atoms with van der Waals surface area (Å²) in [4.78, 5) is 21.7. The molecule has 10 nitrogen and oxygen atoms in total. The fraction of sp³-hybridized carbons (Fsp3) is 0.950. The summed E-state index contributed by atoms with van der Waals surface area (Å²) in [5.74, 6) is -0.725. The number of phosphoric acid groups is 1. The lowest BCUT2D eigenvalue weighted by atomic mass is 9.90. The number of ether oxygens (including phenoxy) is 1. The number of carbonyl (C=O) groups is 1. The molecule has 0 amide bonds. The van der Waals surface area contributed by atoms with Crippen molar-refractivity contribution < 1.29 is 48.5 Å². The van der Waals surface area contributed by atoms with Crippen LogP contribution in [0.2, 0.25) is 0 Å². The minimum atomic E-state index is -4.46. The highest BCUT2D eigenvalue weighted by Gasteiger charge is 2.37. The summed E-state index contributed by atoms with van der Waals surface area (Å²) < 4.78 is 26.6. The van der Waals surface area contributed by atoms with E-state index < -0.39 is 44.8 Å². The fourth-order valence-electron chi connectivity index (χ4n) is 4.05. The van der Waals surface area contributed by atoms with E-state index in [2.05, 4.69) is 0 Å². The van der Waals surface area contributed by atoms with E-state index in [1.807, 2.05) is 0 Å². The van der Waals surface area contributed by atoms with Crippen LogP contribution >= 0.6 is 7.82 Å². The Morgan fingerprint density at radius 3 is 1.87 bits per heavy atom. The maximum absolute atomic E-state index is 12.0. The molecule has 2 fully saturated rings. The van der Waals surface area contributed by atoms with Crippen molar-refractivity contribution in [1.29, 1.82) is 0 Å². The van der Waals surface area contributed by atoms with Crippen LogP contribution in [0.15, 0.2) is 0 Å². The minimum absolute atomic E-state index is 0.0562. The monoisotopic (exact) mass is 468 g/mol. The van der Waals surface area contributed by atoms with Crippen molar-refractivity contribution in [1.82, 2.24) is 0 Å².